The third kappa shape index (κ3) is 4.25. The third-order valence-corrected chi connectivity index (χ3v) is 5.39. The fourth-order valence-electron chi connectivity index (χ4n) is 2.81. The first-order chi connectivity index (χ1) is 10.4. The van der Waals surface area contributed by atoms with Crippen LogP contribution in [0.4, 0.5) is 11.6 Å². The van der Waals surface area contributed by atoms with Crippen LogP contribution in [0.1, 0.15) is 40.0 Å². The quantitative estimate of drug-likeness (QED) is 0.578. The molecule has 1 saturated carbocycles. The second kappa shape index (κ2) is 7.17. The summed E-state index contributed by atoms with van der Waals surface area (Å²) < 4.78 is 0. The Labute approximate surface area is 135 Å². The van der Waals surface area contributed by atoms with Gasteiger partial charge in [-0.25, -0.2) is 9.97 Å². The average molecular weight is 323 g/mol. The lowest BCUT2D eigenvalue weighted by atomic mass is 9.78. The van der Waals surface area contributed by atoms with Crippen molar-refractivity contribution >= 4 is 29.3 Å². The molecule has 0 aliphatic heterocycles. The van der Waals surface area contributed by atoms with E-state index >= 15 is 0 Å². The fraction of sp³-hybridized carbons (Fsp3) is 0.667. The average Bonchev–Trinajstić information content (AvgIpc) is 2.42. The molecule has 4 atom stereocenters. The Hall–Kier alpha value is -1.50. The number of hydrogen-bond donors (Lipinski definition) is 3. The van der Waals surface area contributed by atoms with Gasteiger partial charge < -0.3 is 16.8 Å². The second-order valence-corrected chi connectivity index (χ2v) is 7.45. The van der Waals surface area contributed by atoms with E-state index in [1.165, 1.54) is 30.7 Å². The van der Waals surface area contributed by atoms with Crippen molar-refractivity contribution in [1.29, 1.82) is 0 Å². The van der Waals surface area contributed by atoms with E-state index in [9.17, 15) is 4.79 Å². The Kier molecular flexibility index (Phi) is 5.50. The smallest absolute Gasteiger partial charge is 0.233 e. The zero-order chi connectivity index (χ0) is 16.3. The van der Waals surface area contributed by atoms with Crippen LogP contribution in [-0.2, 0) is 4.79 Å². The molecule has 122 valence electrons. The number of rotatable bonds is 4. The molecule has 6 nitrogen and oxygen atoms in total. The molecule has 1 heterocycles. The summed E-state index contributed by atoms with van der Waals surface area (Å²) >= 11 is 1.28. The number of hydrogen-bond acceptors (Lipinski definition) is 6. The van der Waals surface area contributed by atoms with Gasteiger partial charge in [-0.2, -0.15) is 0 Å². The monoisotopic (exact) mass is 323 g/mol. The summed E-state index contributed by atoms with van der Waals surface area (Å²) in [6, 6.07) is 1.76. The van der Waals surface area contributed by atoms with Crippen LogP contribution in [0.3, 0.4) is 0 Å². The van der Waals surface area contributed by atoms with Crippen molar-refractivity contribution in [1.82, 2.24) is 15.3 Å². The van der Waals surface area contributed by atoms with Gasteiger partial charge in [0.2, 0.25) is 5.91 Å². The topological polar surface area (TPSA) is 107 Å². The second-order valence-electron chi connectivity index (χ2n) is 6.14. The summed E-state index contributed by atoms with van der Waals surface area (Å²) in [6.45, 7) is 6.32. The molecule has 22 heavy (non-hydrogen) atoms. The molecular formula is C15H25N5OS. The first-order valence-electron chi connectivity index (χ1n) is 7.74. The SMILES string of the molecule is C[C@@H]1[C@H](C)CCC[C@@H]1NC(=O)[C@@H](C)Sc1nc(N)cc(N)n1. The van der Waals surface area contributed by atoms with Gasteiger partial charge in [0.05, 0.1) is 5.25 Å². The molecule has 1 aromatic heterocycles. The van der Waals surface area contributed by atoms with E-state index in [0.29, 0.717) is 28.6 Å². The van der Waals surface area contributed by atoms with Gasteiger partial charge >= 0.3 is 0 Å². The molecule has 1 aromatic rings. The van der Waals surface area contributed by atoms with Crippen molar-refractivity contribution in [2.75, 3.05) is 11.5 Å². The van der Waals surface area contributed by atoms with Crippen LogP contribution in [0.15, 0.2) is 11.2 Å². The van der Waals surface area contributed by atoms with E-state index in [-0.39, 0.29) is 17.2 Å². The van der Waals surface area contributed by atoms with Crippen LogP contribution in [-0.4, -0.2) is 27.2 Å². The van der Waals surface area contributed by atoms with Gasteiger partial charge in [-0.05, 0) is 25.2 Å². The van der Waals surface area contributed by atoms with E-state index in [0.717, 1.165) is 6.42 Å². The van der Waals surface area contributed by atoms with Crippen LogP contribution >= 0.6 is 11.8 Å². The van der Waals surface area contributed by atoms with Crippen molar-refractivity contribution in [3.8, 4) is 0 Å². The fourth-order valence-corrected chi connectivity index (χ4v) is 3.62. The third-order valence-electron chi connectivity index (χ3n) is 4.43. The zero-order valence-corrected chi connectivity index (χ0v) is 14.2. The van der Waals surface area contributed by atoms with Crippen LogP contribution < -0.4 is 16.8 Å². The molecule has 1 fully saturated rings. The molecule has 1 aliphatic rings. The highest BCUT2D eigenvalue weighted by atomic mass is 32.2. The number of nitrogens with one attached hydrogen (secondary N) is 1. The highest BCUT2D eigenvalue weighted by molar-refractivity contribution is 8.00. The lowest BCUT2D eigenvalue weighted by Gasteiger charge is -2.35. The van der Waals surface area contributed by atoms with Crippen LogP contribution in [0.2, 0.25) is 0 Å². The number of anilines is 2. The van der Waals surface area contributed by atoms with Gasteiger partial charge in [-0.15, -0.1) is 0 Å². The lowest BCUT2D eigenvalue weighted by Crippen LogP contribution is -2.46. The molecule has 2 rings (SSSR count). The molecule has 0 bridgehead atoms. The summed E-state index contributed by atoms with van der Waals surface area (Å²) in [4.78, 5) is 20.6. The summed E-state index contributed by atoms with van der Waals surface area (Å²) in [6.07, 6.45) is 3.47. The Morgan fingerprint density at radius 3 is 2.59 bits per heavy atom. The van der Waals surface area contributed by atoms with Gasteiger partial charge in [-0.1, -0.05) is 38.5 Å². The molecule has 0 radical (unpaired) electrons. The number of nitrogens with two attached hydrogens (primary N) is 2. The normalized spacial score (nSPS) is 26.4. The minimum Gasteiger partial charge on any atom is -0.383 e. The van der Waals surface area contributed by atoms with Gasteiger partial charge in [-0.3, -0.25) is 4.79 Å². The van der Waals surface area contributed by atoms with Crippen molar-refractivity contribution < 1.29 is 4.79 Å². The predicted molar refractivity (Wildman–Crippen MR) is 90.3 cm³/mol. The number of aromatic nitrogens is 2. The van der Waals surface area contributed by atoms with Gasteiger partial charge in [0.1, 0.15) is 11.6 Å². The number of nitrogens with zero attached hydrogens (tertiary/aromatic N) is 2. The Bertz CT molecular complexity index is 518. The standard InChI is InChI=1S/C15H25N5OS/c1-8-5-4-6-11(9(8)2)18-14(21)10(3)22-15-19-12(16)7-13(17)20-15/h7-11H,4-6H2,1-3H3,(H,18,21)(H4,16,17,19,20)/t8-,9-,10-,11+/m1/s1. The predicted octanol–water partition coefficient (Wildman–Crippen LogP) is 2.06. The minimum absolute atomic E-state index is 0.0144. The van der Waals surface area contributed by atoms with E-state index in [1.807, 2.05) is 6.92 Å². The number of amides is 1. The van der Waals surface area contributed by atoms with E-state index in [1.54, 1.807) is 0 Å². The molecule has 5 N–H and O–H groups in total. The zero-order valence-electron chi connectivity index (χ0n) is 13.4. The molecule has 0 unspecified atom stereocenters. The largest absolute Gasteiger partial charge is 0.383 e. The molecule has 0 aromatic carbocycles. The summed E-state index contributed by atoms with van der Waals surface area (Å²) in [5.74, 6) is 1.81. The molecular weight excluding hydrogens is 298 g/mol. The first kappa shape index (κ1) is 16.9. The molecule has 0 spiro atoms. The number of carbonyl (C=O) groups excluding carboxylic acids is 1. The maximum Gasteiger partial charge on any atom is 0.233 e. The summed E-state index contributed by atoms with van der Waals surface area (Å²) in [5, 5.41) is 3.32. The van der Waals surface area contributed by atoms with Crippen LogP contribution in [0.5, 0.6) is 0 Å². The Morgan fingerprint density at radius 1 is 1.32 bits per heavy atom. The van der Waals surface area contributed by atoms with Crippen molar-refractivity contribution in [3.05, 3.63) is 6.07 Å². The highest BCUT2D eigenvalue weighted by Crippen LogP contribution is 2.30. The first-order valence-corrected chi connectivity index (χ1v) is 8.62. The van der Waals surface area contributed by atoms with Crippen molar-refractivity contribution in [3.63, 3.8) is 0 Å². The maximum atomic E-state index is 12.4. The maximum absolute atomic E-state index is 12.4. The van der Waals surface area contributed by atoms with Crippen LogP contribution in [0, 0.1) is 11.8 Å². The summed E-state index contributed by atoms with van der Waals surface area (Å²) in [7, 11) is 0. The van der Waals surface area contributed by atoms with Crippen LogP contribution in [0.25, 0.3) is 0 Å². The molecule has 7 heteroatoms. The summed E-state index contributed by atoms with van der Waals surface area (Å²) in [5.41, 5.74) is 11.3. The van der Waals surface area contributed by atoms with Gasteiger partial charge in [0.15, 0.2) is 5.16 Å². The molecule has 1 amide bonds. The molecule has 0 saturated heterocycles. The van der Waals surface area contributed by atoms with Gasteiger partial charge in [0.25, 0.3) is 0 Å². The molecule has 1 aliphatic carbocycles. The van der Waals surface area contributed by atoms with Gasteiger partial charge in [0, 0.05) is 12.1 Å². The van der Waals surface area contributed by atoms with E-state index in [2.05, 4.69) is 29.1 Å². The Balaban J connectivity index is 1.94. The number of carbonyl (C=O) groups is 1. The highest BCUT2D eigenvalue weighted by Gasteiger charge is 2.29. The lowest BCUT2D eigenvalue weighted by molar-refractivity contribution is -0.121. The van der Waals surface area contributed by atoms with Crippen molar-refractivity contribution in [2.45, 2.75) is 56.5 Å². The van der Waals surface area contributed by atoms with E-state index in [4.69, 9.17) is 11.5 Å². The number of thioether (sulfide) groups is 1. The minimum atomic E-state index is -0.286. The van der Waals surface area contributed by atoms with Crippen molar-refractivity contribution in [2.24, 2.45) is 11.8 Å². The number of nitrogen functional groups attached to an aromatic ring is 2. The van der Waals surface area contributed by atoms with E-state index < -0.39 is 0 Å². The Morgan fingerprint density at radius 2 is 1.95 bits per heavy atom.